The largest absolute Gasteiger partial charge is 0.481 e. The Morgan fingerprint density at radius 1 is 0.500 bits per heavy atom. The van der Waals surface area contributed by atoms with Crippen LogP contribution in [0.4, 0.5) is 0 Å². The number of aliphatic carboxylic acids is 3. The van der Waals surface area contributed by atoms with Crippen LogP contribution >= 0.6 is 0 Å². The minimum atomic E-state index is -1.32. The Bertz CT molecular complexity index is 1160. The molecule has 17 nitrogen and oxygen atoms in total. The normalized spacial score (nSPS) is 12.1. The van der Waals surface area contributed by atoms with Gasteiger partial charge in [0.15, 0.2) is 5.78 Å². The molecule has 0 spiro atoms. The molecule has 5 N–H and O–H groups in total. The molecule has 0 fully saturated rings. The van der Waals surface area contributed by atoms with E-state index in [1.807, 2.05) is 0 Å². The fourth-order valence-corrected chi connectivity index (χ4v) is 5.47. The molecule has 0 aliphatic rings. The van der Waals surface area contributed by atoms with Gasteiger partial charge in [0.25, 0.3) is 0 Å². The summed E-state index contributed by atoms with van der Waals surface area (Å²) in [5.41, 5.74) is 0. The summed E-state index contributed by atoms with van der Waals surface area (Å²) in [4.78, 5) is 93.7. The summed E-state index contributed by atoms with van der Waals surface area (Å²) in [6, 6.07) is -1.32. The van der Waals surface area contributed by atoms with Crippen LogP contribution in [-0.2, 0) is 57.3 Å². The number of carbonyl (C=O) groups excluding carboxylic acids is 5. The van der Waals surface area contributed by atoms with Crippen molar-refractivity contribution < 1.29 is 72.6 Å². The maximum absolute atomic E-state index is 12.5. The predicted molar refractivity (Wildman–Crippen MR) is 203 cm³/mol. The Morgan fingerprint density at radius 2 is 1.04 bits per heavy atom. The Labute approximate surface area is 330 Å². The number of unbranched alkanes of at least 4 members (excludes halogenated alkanes) is 9. The molecule has 0 saturated heterocycles. The van der Waals surface area contributed by atoms with Crippen molar-refractivity contribution in [2.75, 3.05) is 59.4 Å². The average molecular weight is 803 g/mol. The first-order valence-electron chi connectivity index (χ1n) is 19.9. The highest BCUT2D eigenvalue weighted by Crippen LogP contribution is 2.17. The van der Waals surface area contributed by atoms with Crippen LogP contribution < -0.4 is 10.6 Å². The lowest BCUT2D eigenvalue weighted by Gasteiger charge is -2.16. The van der Waals surface area contributed by atoms with Crippen LogP contribution in [0.5, 0.6) is 0 Å². The van der Waals surface area contributed by atoms with Gasteiger partial charge in [-0.1, -0.05) is 51.4 Å². The molecule has 0 radical (unpaired) electrons. The third-order valence-corrected chi connectivity index (χ3v) is 8.58. The van der Waals surface area contributed by atoms with Crippen LogP contribution in [-0.4, -0.2) is 128 Å². The molecular weight excluding hydrogens is 736 g/mol. The summed E-state index contributed by atoms with van der Waals surface area (Å²) >= 11 is 0. The molecular formula is C39H66N2O15. The van der Waals surface area contributed by atoms with E-state index < -0.39 is 35.8 Å². The highest BCUT2D eigenvalue weighted by Gasteiger charge is 2.25. The summed E-state index contributed by atoms with van der Waals surface area (Å²) in [5, 5.41) is 32.7. The van der Waals surface area contributed by atoms with Crippen molar-refractivity contribution in [1.82, 2.24) is 10.6 Å². The smallest absolute Gasteiger partial charge is 0.326 e. The van der Waals surface area contributed by atoms with Gasteiger partial charge in [0.2, 0.25) is 11.8 Å². The Balaban J connectivity index is 4.03. The van der Waals surface area contributed by atoms with Crippen molar-refractivity contribution in [3.8, 4) is 0 Å². The van der Waals surface area contributed by atoms with Crippen LogP contribution in [0.2, 0.25) is 0 Å². The molecule has 0 aromatic carbocycles. The zero-order valence-electron chi connectivity index (χ0n) is 33.2. The van der Waals surface area contributed by atoms with Crippen LogP contribution in [0.3, 0.4) is 0 Å². The van der Waals surface area contributed by atoms with Gasteiger partial charge < -0.3 is 44.9 Å². The Kier molecular flexibility index (Phi) is 33.2. The number of Topliss-reactive ketones (excluding diaryl/α,β-unsaturated/α-hetero) is 3. The van der Waals surface area contributed by atoms with E-state index in [9.17, 15) is 48.6 Å². The van der Waals surface area contributed by atoms with E-state index in [1.165, 1.54) is 6.92 Å². The number of carboxylic acid groups (broad SMARTS) is 3. The van der Waals surface area contributed by atoms with Gasteiger partial charge in [0, 0.05) is 51.7 Å². The number of hydrogen-bond donors (Lipinski definition) is 5. The van der Waals surface area contributed by atoms with Crippen molar-refractivity contribution in [3.05, 3.63) is 0 Å². The van der Waals surface area contributed by atoms with Gasteiger partial charge >= 0.3 is 17.9 Å². The average Bonchev–Trinajstić information content (AvgIpc) is 3.13. The molecule has 0 bridgehead atoms. The topological polar surface area (TPSA) is 258 Å². The fraction of sp³-hybridized carbons (Fsp3) is 0.795. The molecule has 17 heteroatoms. The monoisotopic (exact) mass is 802 g/mol. The highest BCUT2D eigenvalue weighted by atomic mass is 16.5. The van der Waals surface area contributed by atoms with Gasteiger partial charge in [-0.05, 0) is 39.0 Å². The summed E-state index contributed by atoms with van der Waals surface area (Å²) in [6.07, 6.45) is 9.65. The lowest BCUT2D eigenvalue weighted by molar-refractivity contribution is -0.145. The van der Waals surface area contributed by atoms with E-state index in [4.69, 9.17) is 24.1 Å². The van der Waals surface area contributed by atoms with Gasteiger partial charge in [0.1, 0.15) is 30.8 Å². The van der Waals surface area contributed by atoms with E-state index >= 15 is 0 Å². The van der Waals surface area contributed by atoms with E-state index in [0.717, 1.165) is 51.4 Å². The number of amides is 2. The number of ketones is 3. The quantitative estimate of drug-likeness (QED) is 0.0553. The van der Waals surface area contributed by atoms with Crippen LogP contribution in [0, 0.1) is 5.92 Å². The molecule has 0 aliphatic carbocycles. The second kappa shape index (κ2) is 35.6. The molecule has 322 valence electrons. The third-order valence-electron chi connectivity index (χ3n) is 8.58. The van der Waals surface area contributed by atoms with E-state index in [2.05, 4.69) is 10.6 Å². The number of nitrogens with one attached hydrogen (secondary N) is 2. The second-order valence-corrected chi connectivity index (χ2v) is 13.8. The Hall–Kier alpha value is -3.80. The van der Waals surface area contributed by atoms with Gasteiger partial charge in [-0.25, -0.2) is 4.79 Å². The fourth-order valence-electron chi connectivity index (χ4n) is 5.47. The van der Waals surface area contributed by atoms with Crippen molar-refractivity contribution in [1.29, 1.82) is 0 Å². The summed E-state index contributed by atoms with van der Waals surface area (Å²) in [6.45, 7) is 3.10. The second-order valence-electron chi connectivity index (χ2n) is 13.8. The van der Waals surface area contributed by atoms with Gasteiger partial charge in [-0.15, -0.1) is 0 Å². The third kappa shape index (κ3) is 34.7. The summed E-state index contributed by atoms with van der Waals surface area (Å²) in [5.74, 6) is -5.79. The molecule has 2 amide bonds. The maximum atomic E-state index is 12.5. The van der Waals surface area contributed by atoms with Gasteiger partial charge in [-0.3, -0.25) is 33.6 Å². The van der Waals surface area contributed by atoms with Crippen molar-refractivity contribution in [2.45, 2.75) is 135 Å². The number of ether oxygens (including phenoxy) is 4. The zero-order valence-corrected chi connectivity index (χ0v) is 33.2. The molecule has 0 rings (SSSR count). The van der Waals surface area contributed by atoms with E-state index in [1.54, 1.807) is 0 Å². The Morgan fingerprint density at radius 3 is 1.61 bits per heavy atom. The van der Waals surface area contributed by atoms with Crippen molar-refractivity contribution >= 4 is 47.1 Å². The van der Waals surface area contributed by atoms with Crippen LogP contribution in [0.1, 0.15) is 129 Å². The molecule has 0 aromatic heterocycles. The minimum absolute atomic E-state index is 0.0404. The highest BCUT2D eigenvalue weighted by molar-refractivity contribution is 5.86. The maximum Gasteiger partial charge on any atom is 0.326 e. The minimum Gasteiger partial charge on any atom is -0.481 e. The first kappa shape index (κ1) is 52.2. The van der Waals surface area contributed by atoms with Crippen molar-refractivity contribution in [3.63, 3.8) is 0 Å². The van der Waals surface area contributed by atoms with Gasteiger partial charge in [-0.2, -0.15) is 0 Å². The molecule has 0 aliphatic heterocycles. The summed E-state index contributed by atoms with van der Waals surface area (Å²) < 4.78 is 21.0. The number of rotatable bonds is 41. The lowest BCUT2D eigenvalue weighted by atomic mass is 9.94. The van der Waals surface area contributed by atoms with Crippen molar-refractivity contribution in [2.24, 2.45) is 5.92 Å². The van der Waals surface area contributed by atoms with Crippen LogP contribution in [0.15, 0.2) is 0 Å². The molecule has 0 unspecified atom stereocenters. The zero-order chi connectivity index (χ0) is 41.8. The van der Waals surface area contributed by atoms with Crippen LogP contribution in [0.25, 0.3) is 0 Å². The number of carboxylic acids is 3. The molecule has 0 heterocycles. The number of carbonyl (C=O) groups is 8. The van der Waals surface area contributed by atoms with Gasteiger partial charge in [0.05, 0.1) is 39.0 Å². The predicted octanol–water partition coefficient (Wildman–Crippen LogP) is 3.66. The first-order chi connectivity index (χ1) is 26.8. The summed E-state index contributed by atoms with van der Waals surface area (Å²) in [7, 11) is 0. The molecule has 0 saturated carbocycles. The standard InChI is InChI=1S/C39H66N2O15/c1-30(42)28-55-25-24-54-22-20-40-36(46)29-56-26-23-53-21-12-14-32(43)17-18-34(39(51)52)41-35(45)19-16-31(38(49)50)27-33(44)13-10-8-6-4-2-3-5-7-9-11-15-37(47)48/h31,34H,2-29H2,1H3,(H,40,46)(H,41,45)(H,47,48)(H,49,50)(H,51,52)/t31-,34+/m1/s1. The lowest BCUT2D eigenvalue weighted by Crippen LogP contribution is -2.41. The van der Waals surface area contributed by atoms with E-state index in [0.29, 0.717) is 32.4 Å². The first-order valence-corrected chi connectivity index (χ1v) is 19.9. The molecule has 2 atom stereocenters. The van der Waals surface area contributed by atoms with E-state index in [-0.39, 0.29) is 121 Å². The SMILES string of the molecule is CC(=O)COCCOCCNC(=O)COCCOCCCC(=O)CC[C@H](NC(=O)CC[C@H](CC(=O)CCCCCCCCCCCCC(=O)O)C(=O)O)C(=O)O. The molecule has 0 aromatic rings. The number of hydrogen-bond acceptors (Lipinski definition) is 12. The molecule has 56 heavy (non-hydrogen) atoms.